The van der Waals surface area contributed by atoms with Gasteiger partial charge in [-0.05, 0) is 0 Å². The predicted octanol–water partition coefficient (Wildman–Crippen LogP) is -4.42. The summed E-state index contributed by atoms with van der Waals surface area (Å²) in [6.07, 6.45) is 0.329. The summed E-state index contributed by atoms with van der Waals surface area (Å²) in [4.78, 5) is 19.1. The summed E-state index contributed by atoms with van der Waals surface area (Å²) in [5, 5.41) is 9.59. The maximum Gasteiger partial charge on any atom is 1.00 e. The Kier molecular flexibility index (Phi) is 7.26. The molecule has 0 aromatic carbocycles. The minimum Gasteiger partial charge on any atom is -0.549 e. The number of aldehydes is 1. The third-order valence-corrected chi connectivity index (χ3v) is 0.576. The van der Waals surface area contributed by atoms with Gasteiger partial charge in [-0.3, -0.25) is 0 Å². The summed E-state index contributed by atoms with van der Waals surface area (Å²) in [6.45, 7) is 1.27. The van der Waals surface area contributed by atoms with E-state index in [1.165, 1.54) is 6.92 Å². The number of hydrogen-bond acceptors (Lipinski definition) is 3. The molecule has 0 aromatic rings. The van der Waals surface area contributed by atoms with Crippen LogP contribution in [0.3, 0.4) is 0 Å². The third kappa shape index (κ3) is 4.30. The number of hydrogen-bond donors (Lipinski definition) is 0. The van der Waals surface area contributed by atoms with Crippen LogP contribution in [0, 0.1) is 5.92 Å². The summed E-state index contributed by atoms with van der Waals surface area (Å²) in [7, 11) is 0. The van der Waals surface area contributed by atoms with Gasteiger partial charge in [0.15, 0.2) is 0 Å². The van der Waals surface area contributed by atoms with E-state index in [1.807, 2.05) is 0 Å². The molecule has 3 nitrogen and oxygen atoms in total. The van der Waals surface area contributed by atoms with Crippen LogP contribution in [-0.4, -0.2) is 12.3 Å². The molecule has 0 N–H and O–H groups in total. The first-order valence-electron chi connectivity index (χ1n) is 1.84. The second kappa shape index (κ2) is 5.28. The standard InChI is InChI=1S/C4H6O3.Na/c1-3(2-5)4(6)7;/h2-3H,1H3,(H,6,7);/q;+1/p-1. The minimum atomic E-state index is -1.32. The Balaban J connectivity index is 0. The maximum absolute atomic E-state index is 9.59. The topological polar surface area (TPSA) is 57.2 Å². The molecule has 0 saturated carbocycles. The molecular formula is C4H5NaO3. The molecule has 0 aliphatic carbocycles. The summed E-state index contributed by atoms with van der Waals surface area (Å²) in [6, 6.07) is 0. The van der Waals surface area contributed by atoms with Crippen molar-refractivity contribution in [2.45, 2.75) is 6.92 Å². The fourth-order valence-electron chi connectivity index (χ4n) is 0.0556. The molecular weight excluding hydrogens is 119 g/mol. The first-order chi connectivity index (χ1) is 3.18. The van der Waals surface area contributed by atoms with Gasteiger partial charge >= 0.3 is 29.6 Å². The Morgan fingerprint density at radius 2 is 2.12 bits per heavy atom. The van der Waals surface area contributed by atoms with E-state index < -0.39 is 11.9 Å². The van der Waals surface area contributed by atoms with Crippen molar-refractivity contribution in [2.75, 3.05) is 0 Å². The molecule has 1 atom stereocenters. The molecule has 0 aromatic heterocycles. The molecule has 0 heterocycles. The molecule has 0 fully saturated rings. The van der Waals surface area contributed by atoms with Crippen molar-refractivity contribution in [1.29, 1.82) is 0 Å². The van der Waals surface area contributed by atoms with Crippen molar-refractivity contribution in [1.82, 2.24) is 0 Å². The van der Waals surface area contributed by atoms with Crippen LogP contribution in [0.1, 0.15) is 6.92 Å². The summed E-state index contributed by atoms with van der Waals surface area (Å²) in [5.74, 6) is -2.30. The quantitative estimate of drug-likeness (QED) is 0.212. The average Bonchev–Trinajstić information content (AvgIpc) is 1.65. The van der Waals surface area contributed by atoms with Crippen LogP contribution in [0.15, 0.2) is 0 Å². The SMILES string of the molecule is CC(C=O)C(=O)[O-].[Na+]. The Bertz CT molecular complexity index is 91.3. The van der Waals surface area contributed by atoms with Crippen molar-refractivity contribution < 1.29 is 44.3 Å². The van der Waals surface area contributed by atoms with Crippen LogP contribution in [0.4, 0.5) is 0 Å². The second-order valence-electron chi connectivity index (χ2n) is 1.24. The number of aliphatic carboxylic acids is 1. The normalized spacial score (nSPS) is 11.1. The van der Waals surface area contributed by atoms with Crippen molar-refractivity contribution in [3.05, 3.63) is 0 Å². The fraction of sp³-hybridized carbons (Fsp3) is 0.500. The van der Waals surface area contributed by atoms with Crippen molar-refractivity contribution >= 4 is 12.3 Å². The molecule has 4 heteroatoms. The Hall–Kier alpha value is 0.140. The first-order valence-corrected chi connectivity index (χ1v) is 1.84. The van der Waals surface area contributed by atoms with Crippen LogP contribution in [-0.2, 0) is 9.59 Å². The van der Waals surface area contributed by atoms with Crippen LogP contribution >= 0.6 is 0 Å². The zero-order valence-corrected chi connectivity index (χ0v) is 6.88. The van der Waals surface area contributed by atoms with E-state index in [9.17, 15) is 14.7 Å². The van der Waals surface area contributed by atoms with Gasteiger partial charge < -0.3 is 14.7 Å². The maximum atomic E-state index is 9.59. The van der Waals surface area contributed by atoms with E-state index in [2.05, 4.69) is 0 Å². The number of rotatable bonds is 2. The summed E-state index contributed by atoms with van der Waals surface area (Å²) >= 11 is 0. The zero-order chi connectivity index (χ0) is 5.86. The van der Waals surface area contributed by atoms with Gasteiger partial charge in [0, 0.05) is 0 Å². The van der Waals surface area contributed by atoms with Gasteiger partial charge in [-0.25, -0.2) is 0 Å². The first kappa shape index (κ1) is 11.0. The average molecular weight is 124 g/mol. The smallest absolute Gasteiger partial charge is 0.549 e. The van der Waals surface area contributed by atoms with Gasteiger partial charge in [0.1, 0.15) is 6.29 Å². The Morgan fingerprint density at radius 3 is 2.12 bits per heavy atom. The van der Waals surface area contributed by atoms with Crippen LogP contribution in [0.25, 0.3) is 0 Å². The van der Waals surface area contributed by atoms with Gasteiger partial charge in [0.05, 0.1) is 11.9 Å². The molecule has 1 unspecified atom stereocenters. The molecule has 0 bridgehead atoms. The molecule has 0 aliphatic rings. The van der Waals surface area contributed by atoms with E-state index in [0.29, 0.717) is 6.29 Å². The summed E-state index contributed by atoms with van der Waals surface area (Å²) in [5.41, 5.74) is 0. The van der Waals surface area contributed by atoms with E-state index in [0.717, 1.165) is 0 Å². The van der Waals surface area contributed by atoms with Crippen LogP contribution in [0.5, 0.6) is 0 Å². The molecule has 40 valence electrons. The molecule has 0 spiro atoms. The Labute approximate surface area is 69.4 Å². The molecule has 0 saturated heterocycles. The number of carbonyl (C=O) groups excluding carboxylic acids is 2. The molecule has 0 aliphatic heterocycles. The summed E-state index contributed by atoms with van der Waals surface area (Å²) < 4.78 is 0. The van der Waals surface area contributed by atoms with Gasteiger partial charge in [0.2, 0.25) is 0 Å². The van der Waals surface area contributed by atoms with E-state index >= 15 is 0 Å². The van der Waals surface area contributed by atoms with Gasteiger partial charge in [-0.15, -0.1) is 0 Å². The second-order valence-corrected chi connectivity index (χ2v) is 1.24. The van der Waals surface area contributed by atoms with E-state index in [4.69, 9.17) is 0 Å². The van der Waals surface area contributed by atoms with Crippen molar-refractivity contribution in [3.63, 3.8) is 0 Å². The molecule has 0 rings (SSSR count). The third-order valence-electron chi connectivity index (χ3n) is 0.576. The van der Waals surface area contributed by atoms with E-state index in [-0.39, 0.29) is 29.6 Å². The van der Waals surface area contributed by atoms with Gasteiger partial charge in [-0.2, -0.15) is 0 Å². The van der Waals surface area contributed by atoms with Crippen LogP contribution in [0.2, 0.25) is 0 Å². The fourth-order valence-corrected chi connectivity index (χ4v) is 0.0556. The molecule has 0 amide bonds. The molecule has 8 heavy (non-hydrogen) atoms. The predicted molar refractivity (Wildman–Crippen MR) is 20.2 cm³/mol. The number of carboxylic acid groups (broad SMARTS) is 1. The van der Waals surface area contributed by atoms with Gasteiger partial charge in [-0.1, -0.05) is 6.92 Å². The van der Waals surface area contributed by atoms with E-state index in [1.54, 1.807) is 0 Å². The van der Waals surface area contributed by atoms with Crippen LogP contribution < -0.4 is 34.7 Å². The number of carbonyl (C=O) groups is 2. The Morgan fingerprint density at radius 1 is 1.75 bits per heavy atom. The molecule has 0 radical (unpaired) electrons. The number of carboxylic acids is 1. The van der Waals surface area contributed by atoms with Crippen molar-refractivity contribution in [3.8, 4) is 0 Å². The largest absolute Gasteiger partial charge is 1.00 e. The minimum absolute atomic E-state index is 0. The monoisotopic (exact) mass is 124 g/mol. The van der Waals surface area contributed by atoms with Gasteiger partial charge in [0.25, 0.3) is 0 Å². The zero-order valence-electron chi connectivity index (χ0n) is 4.88. The van der Waals surface area contributed by atoms with Crippen molar-refractivity contribution in [2.24, 2.45) is 5.92 Å².